The molecule has 3 rings (SSSR count). The van der Waals surface area contributed by atoms with Crippen molar-refractivity contribution in [3.05, 3.63) is 46.2 Å². The van der Waals surface area contributed by atoms with Crippen LogP contribution in [-0.4, -0.2) is 34.9 Å². The number of hydrogen-bond acceptors (Lipinski definition) is 3. The average molecular weight is 364 g/mol. The van der Waals surface area contributed by atoms with Gasteiger partial charge in [0, 0.05) is 17.6 Å². The van der Waals surface area contributed by atoms with Crippen molar-refractivity contribution >= 4 is 21.8 Å². The van der Waals surface area contributed by atoms with Gasteiger partial charge in [-0.25, -0.2) is 4.68 Å². The fourth-order valence-electron chi connectivity index (χ4n) is 2.58. The van der Waals surface area contributed by atoms with E-state index in [4.69, 9.17) is 4.74 Å². The van der Waals surface area contributed by atoms with Gasteiger partial charge in [0.25, 0.3) is 5.91 Å². The Labute approximate surface area is 137 Å². The number of amides is 1. The molecule has 22 heavy (non-hydrogen) atoms. The van der Waals surface area contributed by atoms with Gasteiger partial charge < -0.3 is 10.1 Å². The van der Waals surface area contributed by atoms with Gasteiger partial charge in [-0.15, -0.1) is 0 Å². The molecule has 1 aromatic heterocycles. The molecule has 0 spiro atoms. The van der Waals surface area contributed by atoms with E-state index in [0.29, 0.717) is 12.1 Å². The molecule has 1 fully saturated rings. The molecule has 2 heterocycles. The van der Waals surface area contributed by atoms with E-state index in [1.165, 1.54) is 0 Å². The largest absolute Gasteiger partial charge is 0.376 e. The quantitative estimate of drug-likeness (QED) is 0.908. The molecule has 116 valence electrons. The lowest BCUT2D eigenvalue weighted by atomic mass is 10.2. The van der Waals surface area contributed by atoms with Gasteiger partial charge in [-0.2, -0.15) is 5.10 Å². The summed E-state index contributed by atoms with van der Waals surface area (Å²) < 4.78 is 8.30. The maximum Gasteiger partial charge on any atom is 0.254 e. The zero-order valence-electron chi connectivity index (χ0n) is 12.4. The fourth-order valence-corrected chi connectivity index (χ4v) is 2.85. The van der Waals surface area contributed by atoms with E-state index >= 15 is 0 Å². The van der Waals surface area contributed by atoms with Crippen LogP contribution in [0.25, 0.3) is 5.69 Å². The molecule has 1 aliphatic heterocycles. The Morgan fingerprint density at radius 3 is 2.91 bits per heavy atom. The van der Waals surface area contributed by atoms with Crippen molar-refractivity contribution in [2.45, 2.75) is 25.9 Å². The smallest absolute Gasteiger partial charge is 0.254 e. The summed E-state index contributed by atoms with van der Waals surface area (Å²) in [6, 6.07) is 7.82. The normalized spacial score (nSPS) is 17.6. The summed E-state index contributed by atoms with van der Waals surface area (Å²) in [4.78, 5) is 12.3. The van der Waals surface area contributed by atoms with Crippen LogP contribution in [-0.2, 0) is 4.74 Å². The van der Waals surface area contributed by atoms with Gasteiger partial charge in [0.15, 0.2) is 0 Å². The van der Waals surface area contributed by atoms with Crippen molar-refractivity contribution < 1.29 is 9.53 Å². The highest BCUT2D eigenvalue weighted by Crippen LogP contribution is 2.17. The summed E-state index contributed by atoms with van der Waals surface area (Å²) in [6.07, 6.45) is 3.84. The van der Waals surface area contributed by atoms with Gasteiger partial charge >= 0.3 is 0 Å². The van der Waals surface area contributed by atoms with E-state index < -0.39 is 0 Å². The van der Waals surface area contributed by atoms with E-state index in [0.717, 1.165) is 35.3 Å². The Bertz CT molecular complexity index is 661. The van der Waals surface area contributed by atoms with E-state index in [1.807, 2.05) is 31.2 Å². The summed E-state index contributed by atoms with van der Waals surface area (Å²) in [5.74, 6) is -0.101. The summed E-state index contributed by atoms with van der Waals surface area (Å²) in [7, 11) is 0. The first-order valence-corrected chi connectivity index (χ1v) is 8.15. The molecule has 0 aliphatic carbocycles. The predicted molar refractivity (Wildman–Crippen MR) is 87.3 cm³/mol. The van der Waals surface area contributed by atoms with Gasteiger partial charge in [-0.1, -0.05) is 15.9 Å². The number of rotatable bonds is 4. The van der Waals surface area contributed by atoms with Crippen LogP contribution in [0.5, 0.6) is 0 Å². The second-order valence-electron chi connectivity index (χ2n) is 5.38. The third-order valence-corrected chi connectivity index (χ3v) is 4.37. The zero-order chi connectivity index (χ0) is 15.5. The van der Waals surface area contributed by atoms with Crippen LogP contribution in [0, 0.1) is 6.92 Å². The number of benzene rings is 1. The first-order valence-electron chi connectivity index (χ1n) is 7.35. The Hall–Kier alpha value is -1.66. The minimum absolute atomic E-state index is 0.101. The Balaban J connectivity index is 1.72. The molecule has 1 N–H and O–H groups in total. The minimum atomic E-state index is -0.101. The Kier molecular flexibility index (Phi) is 4.59. The van der Waals surface area contributed by atoms with Gasteiger partial charge in [-0.3, -0.25) is 4.79 Å². The number of ether oxygens (including phenoxy) is 1. The van der Waals surface area contributed by atoms with E-state index in [9.17, 15) is 4.79 Å². The molecule has 1 saturated heterocycles. The Morgan fingerprint density at radius 2 is 2.23 bits per heavy atom. The number of nitrogens with zero attached hydrogens (tertiary/aromatic N) is 2. The lowest BCUT2D eigenvalue weighted by Crippen LogP contribution is -2.32. The summed E-state index contributed by atoms with van der Waals surface area (Å²) in [5, 5.41) is 7.26. The summed E-state index contributed by atoms with van der Waals surface area (Å²) in [5.41, 5.74) is 2.35. The van der Waals surface area contributed by atoms with Crippen LogP contribution >= 0.6 is 15.9 Å². The van der Waals surface area contributed by atoms with Gasteiger partial charge in [0.1, 0.15) is 0 Å². The number of halogens is 1. The van der Waals surface area contributed by atoms with Crippen LogP contribution in [0.3, 0.4) is 0 Å². The molecular formula is C16H18BrN3O2. The topological polar surface area (TPSA) is 56.1 Å². The molecule has 0 radical (unpaired) electrons. The van der Waals surface area contributed by atoms with Crippen molar-refractivity contribution in [2.75, 3.05) is 13.2 Å². The third-order valence-electron chi connectivity index (χ3n) is 3.84. The standard InChI is InChI=1S/C16H18BrN3O2/c1-11-15(16(21)18-9-14-3-2-8-22-14)10-19-20(11)13-6-4-12(17)5-7-13/h4-7,10,14H,2-3,8-9H2,1H3,(H,18,21)/t14-/m0/s1. The first kappa shape index (κ1) is 15.2. The molecule has 2 aromatic rings. The molecule has 1 amide bonds. The second kappa shape index (κ2) is 6.62. The first-order chi connectivity index (χ1) is 10.6. The summed E-state index contributed by atoms with van der Waals surface area (Å²) in [6.45, 7) is 3.25. The van der Waals surface area contributed by atoms with Crippen molar-refractivity contribution in [1.82, 2.24) is 15.1 Å². The highest BCUT2D eigenvalue weighted by atomic mass is 79.9. The van der Waals surface area contributed by atoms with Crippen molar-refractivity contribution in [1.29, 1.82) is 0 Å². The van der Waals surface area contributed by atoms with Gasteiger partial charge in [0.2, 0.25) is 0 Å². The number of carbonyl (C=O) groups is 1. The highest BCUT2D eigenvalue weighted by molar-refractivity contribution is 9.10. The van der Waals surface area contributed by atoms with Crippen LogP contribution < -0.4 is 5.32 Å². The molecule has 0 saturated carbocycles. The summed E-state index contributed by atoms with van der Waals surface area (Å²) >= 11 is 3.41. The average Bonchev–Trinajstić information content (AvgIpc) is 3.15. The van der Waals surface area contributed by atoms with Crippen molar-refractivity contribution in [3.63, 3.8) is 0 Å². The third kappa shape index (κ3) is 3.23. The van der Waals surface area contributed by atoms with Crippen LogP contribution in [0.1, 0.15) is 28.9 Å². The van der Waals surface area contributed by atoms with E-state index in [2.05, 4.69) is 26.3 Å². The minimum Gasteiger partial charge on any atom is -0.376 e. The predicted octanol–water partition coefficient (Wildman–Crippen LogP) is 2.85. The monoisotopic (exact) mass is 363 g/mol. The van der Waals surface area contributed by atoms with Crippen LogP contribution in [0.2, 0.25) is 0 Å². The molecule has 1 aromatic carbocycles. The molecule has 0 unspecified atom stereocenters. The molecular weight excluding hydrogens is 346 g/mol. The van der Waals surface area contributed by atoms with Crippen LogP contribution in [0.15, 0.2) is 34.9 Å². The SMILES string of the molecule is Cc1c(C(=O)NC[C@@H]2CCCO2)cnn1-c1ccc(Br)cc1. The number of nitrogens with one attached hydrogen (secondary N) is 1. The molecule has 0 bridgehead atoms. The maximum absolute atomic E-state index is 12.3. The highest BCUT2D eigenvalue weighted by Gasteiger charge is 2.19. The van der Waals surface area contributed by atoms with Crippen molar-refractivity contribution in [2.24, 2.45) is 0 Å². The van der Waals surface area contributed by atoms with Gasteiger partial charge in [-0.05, 0) is 44.0 Å². The van der Waals surface area contributed by atoms with Crippen molar-refractivity contribution in [3.8, 4) is 5.69 Å². The number of aromatic nitrogens is 2. The lowest BCUT2D eigenvalue weighted by Gasteiger charge is -2.10. The van der Waals surface area contributed by atoms with E-state index in [1.54, 1.807) is 10.9 Å². The number of carbonyl (C=O) groups excluding carboxylic acids is 1. The second-order valence-corrected chi connectivity index (χ2v) is 6.29. The molecule has 5 nitrogen and oxygen atoms in total. The van der Waals surface area contributed by atoms with E-state index in [-0.39, 0.29) is 12.0 Å². The Morgan fingerprint density at radius 1 is 1.45 bits per heavy atom. The fraction of sp³-hybridized carbons (Fsp3) is 0.375. The molecule has 6 heteroatoms. The van der Waals surface area contributed by atoms with Crippen LogP contribution in [0.4, 0.5) is 0 Å². The zero-order valence-corrected chi connectivity index (χ0v) is 14.0. The maximum atomic E-state index is 12.3. The number of hydrogen-bond donors (Lipinski definition) is 1. The lowest BCUT2D eigenvalue weighted by molar-refractivity contribution is 0.0857. The molecule has 1 atom stereocenters. The van der Waals surface area contributed by atoms with Gasteiger partial charge in [0.05, 0.1) is 29.2 Å². The molecule has 1 aliphatic rings.